The molecule has 0 spiro atoms. The number of unbranched alkanes of at least 4 members (excludes halogenated alkanes) is 1. The van der Waals surface area contributed by atoms with Gasteiger partial charge in [-0.25, -0.2) is 4.79 Å². The molecule has 19 heavy (non-hydrogen) atoms. The minimum absolute atomic E-state index is 0. The van der Waals surface area contributed by atoms with Crippen molar-refractivity contribution in [2.45, 2.75) is 19.8 Å². The molecular formula is C12H22Cl2N2O3. The SMILES string of the molecule is CCCCNCCOC(=O)c1cccnc1.Cl.Cl.O. The number of esters is 1. The summed E-state index contributed by atoms with van der Waals surface area (Å²) in [6.07, 6.45) is 5.45. The standard InChI is InChI=1S/C12H18N2O2.2ClH.H2O/c1-2-3-6-13-8-9-16-12(15)11-5-4-7-14-10-11;;;/h4-5,7,10,13H,2-3,6,8-9H2,1H3;2*1H;1H2. The lowest BCUT2D eigenvalue weighted by Gasteiger charge is -2.05. The van der Waals surface area contributed by atoms with Gasteiger partial charge in [-0.2, -0.15) is 0 Å². The van der Waals surface area contributed by atoms with E-state index >= 15 is 0 Å². The number of hydrogen-bond donors (Lipinski definition) is 1. The molecule has 0 aliphatic heterocycles. The van der Waals surface area contributed by atoms with Crippen LogP contribution in [0.1, 0.15) is 30.1 Å². The maximum atomic E-state index is 11.4. The van der Waals surface area contributed by atoms with E-state index in [-0.39, 0.29) is 36.3 Å². The molecule has 0 fully saturated rings. The average Bonchev–Trinajstić information content (AvgIpc) is 2.34. The van der Waals surface area contributed by atoms with Crippen LogP contribution in [-0.4, -0.2) is 36.1 Å². The molecule has 0 saturated heterocycles. The van der Waals surface area contributed by atoms with Crippen molar-refractivity contribution in [3.8, 4) is 0 Å². The van der Waals surface area contributed by atoms with E-state index in [1.165, 1.54) is 12.6 Å². The molecule has 0 aromatic carbocycles. The van der Waals surface area contributed by atoms with E-state index < -0.39 is 0 Å². The van der Waals surface area contributed by atoms with Crippen molar-refractivity contribution in [3.63, 3.8) is 0 Å². The molecule has 0 atom stereocenters. The van der Waals surface area contributed by atoms with Crippen LogP contribution in [-0.2, 0) is 4.74 Å². The predicted octanol–water partition coefficient (Wildman–Crippen LogP) is 1.65. The summed E-state index contributed by atoms with van der Waals surface area (Å²) in [5.74, 6) is -0.314. The van der Waals surface area contributed by atoms with Gasteiger partial charge in [0, 0.05) is 18.9 Å². The van der Waals surface area contributed by atoms with E-state index in [9.17, 15) is 4.79 Å². The molecule has 0 radical (unpaired) electrons. The number of aromatic nitrogens is 1. The number of pyridine rings is 1. The quantitative estimate of drug-likeness (QED) is 0.613. The van der Waals surface area contributed by atoms with Gasteiger partial charge in [-0.1, -0.05) is 13.3 Å². The van der Waals surface area contributed by atoms with E-state index in [1.807, 2.05) is 0 Å². The van der Waals surface area contributed by atoms with Crippen molar-refractivity contribution in [1.82, 2.24) is 10.3 Å². The Kier molecular flexibility index (Phi) is 18.6. The van der Waals surface area contributed by atoms with Crippen LogP contribution in [0.2, 0.25) is 0 Å². The highest BCUT2D eigenvalue weighted by molar-refractivity contribution is 5.88. The smallest absolute Gasteiger partial charge is 0.339 e. The Morgan fingerprint density at radius 2 is 2.11 bits per heavy atom. The fourth-order valence-corrected chi connectivity index (χ4v) is 1.21. The van der Waals surface area contributed by atoms with Crippen LogP contribution in [0, 0.1) is 0 Å². The Balaban J connectivity index is -0.000000853. The first-order chi connectivity index (χ1) is 7.84. The lowest BCUT2D eigenvalue weighted by molar-refractivity contribution is 0.0508. The summed E-state index contributed by atoms with van der Waals surface area (Å²) >= 11 is 0. The number of ether oxygens (including phenoxy) is 1. The average molecular weight is 313 g/mol. The van der Waals surface area contributed by atoms with Crippen molar-refractivity contribution >= 4 is 30.8 Å². The molecule has 3 N–H and O–H groups in total. The predicted molar refractivity (Wildman–Crippen MR) is 80.4 cm³/mol. The first-order valence-corrected chi connectivity index (χ1v) is 5.62. The van der Waals surface area contributed by atoms with Gasteiger partial charge in [0.1, 0.15) is 6.61 Å². The molecule has 112 valence electrons. The van der Waals surface area contributed by atoms with Gasteiger partial charge in [-0.3, -0.25) is 4.98 Å². The maximum absolute atomic E-state index is 11.4. The van der Waals surface area contributed by atoms with Crippen molar-refractivity contribution in [1.29, 1.82) is 0 Å². The Hall–Kier alpha value is -0.880. The van der Waals surface area contributed by atoms with E-state index in [0.717, 1.165) is 13.0 Å². The Morgan fingerprint density at radius 3 is 2.68 bits per heavy atom. The fraction of sp³-hybridized carbons (Fsp3) is 0.500. The van der Waals surface area contributed by atoms with E-state index in [4.69, 9.17) is 4.74 Å². The van der Waals surface area contributed by atoms with Crippen LogP contribution < -0.4 is 5.32 Å². The van der Waals surface area contributed by atoms with Gasteiger partial charge in [0.2, 0.25) is 0 Å². The highest BCUT2D eigenvalue weighted by atomic mass is 35.5. The molecule has 1 rings (SSSR count). The van der Waals surface area contributed by atoms with Crippen LogP contribution in [0.5, 0.6) is 0 Å². The number of nitrogens with zero attached hydrogens (tertiary/aromatic N) is 1. The number of hydrogen-bond acceptors (Lipinski definition) is 4. The molecular weight excluding hydrogens is 291 g/mol. The highest BCUT2D eigenvalue weighted by Gasteiger charge is 2.05. The van der Waals surface area contributed by atoms with Gasteiger partial charge in [-0.05, 0) is 25.1 Å². The maximum Gasteiger partial charge on any atom is 0.339 e. The van der Waals surface area contributed by atoms with Gasteiger partial charge in [0.25, 0.3) is 0 Å². The second-order valence-electron chi connectivity index (χ2n) is 3.48. The zero-order valence-corrected chi connectivity index (χ0v) is 12.6. The third-order valence-electron chi connectivity index (χ3n) is 2.12. The van der Waals surface area contributed by atoms with Crippen molar-refractivity contribution < 1.29 is 15.0 Å². The molecule has 0 amide bonds. The summed E-state index contributed by atoms with van der Waals surface area (Å²) in [7, 11) is 0. The van der Waals surface area contributed by atoms with Gasteiger partial charge in [0.15, 0.2) is 0 Å². The molecule has 7 heteroatoms. The summed E-state index contributed by atoms with van der Waals surface area (Å²) in [6.45, 7) is 4.22. The lowest BCUT2D eigenvalue weighted by Crippen LogP contribution is -2.22. The van der Waals surface area contributed by atoms with Crippen molar-refractivity contribution in [2.75, 3.05) is 19.7 Å². The summed E-state index contributed by atoms with van der Waals surface area (Å²) in [4.78, 5) is 15.3. The minimum Gasteiger partial charge on any atom is -0.461 e. The normalized spacial score (nSPS) is 8.47. The summed E-state index contributed by atoms with van der Waals surface area (Å²) in [5, 5.41) is 3.20. The Bertz CT molecular complexity index is 313. The van der Waals surface area contributed by atoms with Crippen LogP contribution in [0.4, 0.5) is 0 Å². The van der Waals surface area contributed by atoms with Gasteiger partial charge in [0.05, 0.1) is 5.56 Å². The van der Waals surface area contributed by atoms with Crippen LogP contribution in [0.25, 0.3) is 0 Å². The van der Waals surface area contributed by atoms with Crippen LogP contribution in [0.3, 0.4) is 0 Å². The number of rotatable bonds is 7. The van der Waals surface area contributed by atoms with Gasteiger partial charge in [-0.15, -0.1) is 24.8 Å². The van der Waals surface area contributed by atoms with Gasteiger partial charge < -0.3 is 15.5 Å². The second kappa shape index (κ2) is 15.2. The monoisotopic (exact) mass is 312 g/mol. The van der Waals surface area contributed by atoms with E-state index in [2.05, 4.69) is 17.2 Å². The number of nitrogens with one attached hydrogen (secondary N) is 1. The summed E-state index contributed by atoms with van der Waals surface area (Å²) < 4.78 is 5.07. The van der Waals surface area contributed by atoms with Crippen LogP contribution >= 0.6 is 24.8 Å². The zero-order valence-electron chi connectivity index (χ0n) is 10.9. The zero-order chi connectivity index (χ0) is 11.6. The van der Waals surface area contributed by atoms with E-state index in [1.54, 1.807) is 18.3 Å². The van der Waals surface area contributed by atoms with Crippen molar-refractivity contribution in [2.24, 2.45) is 0 Å². The third kappa shape index (κ3) is 10.7. The lowest BCUT2D eigenvalue weighted by atomic mass is 10.3. The van der Waals surface area contributed by atoms with E-state index in [0.29, 0.717) is 18.7 Å². The number of carbonyl (C=O) groups excluding carboxylic acids is 1. The highest BCUT2D eigenvalue weighted by Crippen LogP contribution is 1.97. The molecule has 5 nitrogen and oxygen atoms in total. The largest absolute Gasteiger partial charge is 0.461 e. The Labute approximate surface area is 126 Å². The topological polar surface area (TPSA) is 82.7 Å². The minimum atomic E-state index is -0.314. The van der Waals surface area contributed by atoms with Gasteiger partial charge >= 0.3 is 5.97 Å². The summed E-state index contributed by atoms with van der Waals surface area (Å²) in [6, 6.07) is 3.41. The number of carbonyl (C=O) groups is 1. The molecule has 0 unspecified atom stereocenters. The second-order valence-corrected chi connectivity index (χ2v) is 3.48. The molecule has 0 saturated carbocycles. The Morgan fingerprint density at radius 1 is 1.37 bits per heavy atom. The number of halogens is 2. The summed E-state index contributed by atoms with van der Waals surface area (Å²) in [5.41, 5.74) is 0.496. The fourth-order valence-electron chi connectivity index (χ4n) is 1.21. The molecule has 0 aliphatic carbocycles. The first-order valence-electron chi connectivity index (χ1n) is 5.62. The van der Waals surface area contributed by atoms with Crippen LogP contribution in [0.15, 0.2) is 24.5 Å². The molecule has 0 bridgehead atoms. The molecule has 1 aromatic heterocycles. The first kappa shape index (κ1) is 23.2. The molecule has 1 heterocycles. The molecule has 1 aromatic rings. The van der Waals surface area contributed by atoms with Crippen molar-refractivity contribution in [3.05, 3.63) is 30.1 Å². The molecule has 0 aliphatic rings. The third-order valence-corrected chi connectivity index (χ3v) is 2.12.